The summed E-state index contributed by atoms with van der Waals surface area (Å²) < 4.78 is 15.5. The number of ketones is 1. The maximum atomic E-state index is 12.1. The van der Waals surface area contributed by atoms with Crippen LogP contribution in [-0.2, 0) is 24.7 Å². The molecule has 0 fully saturated rings. The van der Waals surface area contributed by atoms with Gasteiger partial charge in [0.05, 0.1) is 0 Å². The molecule has 1 aromatic carbocycles. The molecule has 0 saturated carbocycles. The molecule has 0 heterocycles. The summed E-state index contributed by atoms with van der Waals surface area (Å²) in [6.45, 7) is 15.2. The van der Waals surface area contributed by atoms with Gasteiger partial charge in [0, 0.05) is 15.7 Å². The highest BCUT2D eigenvalue weighted by atomic mass is 31.1. The zero-order chi connectivity index (χ0) is 21.9. The summed E-state index contributed by atoms with van der Waals surface area (Å²) in [6, 6.07) is 3.89. The number of carbonyl (C=O) groups is 1. The topological polar surface area (TPSA) is 83.8 Å². The van der Waals surface area contributed by atoms with Crippen LogP contribution in [0, 0.1) is 0 Å². The highest BCUT2D eigenvalue weighted by molar-refractivity contribution is 7.32. The van der Waals surface area contributed by atoms with E-state index in [-0.39, 0.29) is 10.8 Å². The highest BCUT2D eigenvalue weighted by Crippen LogP contribution is 2.40. The lowest BCUT2D eigenvalue weighted by molar-refractivity contribution is -0.126. The van der Waals surface area contributed by atoms with E-state index in [0.717, 1.165) is 16.7 Å². The van der Waals surface area contributed by atoms with Gasteiger partial charge in [-0.2, -0.15) is 0 Å². The van der Waals surface area contributed by atoms with Crippen molar-refractivity contribution in [2.45, 2.75) is 71.8 Å². The Morgan fingerprint density at radius 1 is 0.964 bits per heavy atom. The third kappa shape index (κ3) is 6.66. The number of hydrogen-bond donors (Lipinski definition) is 2. The highest BCUT2D eigenvalue weighted by Gasteiger charge is 2.36. The van der Waals surface area contributed by atoms with Gasteiger partial charge in [0.15, 0.2) is 11.4 Å². The summed E-state index contributed by atoms with van der Waals surface area (Å²) in [7, 11) is -2.86. The van der Waals surface area contributed by atoms with Gasteiger partial charge in [-0.05, 0) is 48.4 Å². The third-order valence-corrected chi connectivity index (χ3v) is 4.91. The van der Waals surface area contributed by atoms with Gasteiger partial charge >= 0.3 is 8.25 Å². The first-order valence-corrected chi connectivity index (χ1v) is 10.3. The Bertz CT molecular complexity index is 770. The van der Waals surface area contributed by atoms with E-state index in [9.17, 15) is 14.5 Å². The molecule has 0 aliphatic heterocycles. The molecular weight excluding hydrogens is 375 g/mol. The lowest BCUT2D eigenvalue weighted by Crippen LogP contribution is -2.31. The van der Waals surface area contributed by atoms with Crippen molar-refractivity contribution in [2.24, 2.45) is 0 Å². The van der Waals surface area contributed by atoms with Gasteiger partial charge in [-0.15, -0.1) is 9.42 Å². The lowest BCUT2D eigenvalue weighted by Gasteiger charge is -2.27. The van der Waals surface area contributed by atoms with E-state index in [1.807, 2.05) is 18.2 Å². The standard InChI is InChI=1S/C22H31O5P/c1-20(2,3)16-13-15(14-17(19(16)24)21(4,5)6)11-9-10-12-18(23)22(7,8)27-28(25)26/h9-14H,1-8H3,(H-,23,24,25,26)/p+1. The average Bonchev–Trinajstić information content (AvgIpc) is 2.48. The van der Waals surface area contributed by atoms with E-state index in [1.165, 1.54) is 19.9 Å². The fourth-order valence-corrected chi connectivity index (χ4v) is 3.13. The van der Waals surface area contributed by atoms with Gasteiger partial charge in [0.1, 0.15) is 5.75 Å². The maximum Gasteiger partial charge on any atom is 0.695 e. The second kappa shape index (κ2) is 8.69. The minimum Gasteiger partial charge on any atom is -0.507 e. The molecule has 0 radical (unpaired) electrons. The zero-order valence-corrected chi connectivity index (χ0v) is 18.9. The molecule has 0 saturated heterocycles. The molecule has 1 unspecified atom stereocenters. The van der Waals surface area contributed by atoms with E-state index < -0.39 is 19.6 Å². The predicted octanol–water partition coefficient (Wildman–Crippen LogP) is 5.57. The van der Waals surface area contributed by atoms with E-state index >= 15 is 0 Å². The number of aromatic hydroxyl groups is 1. The first kappa shape index (κ1) is 24.2. The molecule has 28 heavy (non-hydrogen) atoms. The van der Waals surface area contributed by atoms with Gasteiger partial charge in [-0.3, -0.25) is 4.79 Å². The van der Waals surface area contributed by atoms with Crippen LogP contribution in [0.1, 0.15) is 72.1 Å². The third-order valence-electron chi connectivity index (χ3n) is 4.30. The van der Waals surface area contributed by atoms with Crippen LogP contribution in [-0.4, -0.2) is 21.4 Å². The molecule has 0 aliphatic rings. The van der Waals surface area contributed by atoms with Gasteiger partial charge in [0.25, 0.3) is 0 Å². The molecule has 0 aromatic heterocycles. The maximum absolute atomic E-state index is 12.1. The van der Waals surface area contributed by atoms with Crippen LogP contribution in [0.15, 0.2) is 30.4 Å². The Morgan fingerprint density at radius 3 is 1.82 bits per heavy atom. The normalized spacial score (nSPS) is 14.1. The van der Waals surface area contributed by atoms with Crippen molar-refractivity contribution >= 4 is 20.1 Å². The number of benzene rings is 1. The van der Waals surface area contributed by atoms with Crippen LogP contribution in [0.5, 0.6) is 5.75 Å². The van der Waals surface area contributed by atoms with Crippen LogP contribution in [0.4, 0.5) is 0 Å². The van der Waals surface area contributed by atoms with E-state index in [1.54, 1.807) is 12.2 Å². The molecule has 154 valence electrons. The van der Waals surface area contributed by atoms with Crippen LogP contribution >= 0.6 is 8.25 Å². The Balaban J connectivity index is 3.18. The van der Waals surface area contributed by atoms with Crippen molar-refractivity contribution in [3.63, 3.8) is 0 Å². The van der Waals surface area contributed by atoms with E-state index in [4.69, 9.17) is 9.42 Å². The first-order valence-electron chi connectivity index (χ1n) is 9.18. The largest absolute Gasteiger partial charge is 0.695 e. The second-order valence-corrected chi connectivity index (χ2v) is 10.0. The number of hydrogen-bond acceptors (Lipinski definition) is 4. The number of phenols is 1. The minimum absolute atomic E-state index is 0.220. The fraction of sp³-hybridized carbons (Fsp3) is 0.500. The number of allylic oxidation sites excluding steroid dienone is 2. The molecular formula is C22H32O5P+. The summed E-state index contributed by atoms with van der Waals surface area (Å²) >= 11 is 0. The predicted molar refractivity (Wildman–Crippen MR) is 114 cm³/mol. The van der Waals surface area contributed by atoms with Gasteiger partial charge in [-0.1, -0.05) is 59.8 Å². The Labute approximate surface area is 169 Å². The number of rotatable bonds is 6. The van der Waals surface area contributed by atoms with E-state index in [0.29, 0.717) is 5.75 Å². The van der Waals surface area contributed by atoms with Crippen LogP contribution < -0.4 is 0 Å². The van der Waals surface area contributed by atoms with E-state index in [2.05, 4.69) is 41.5 Å². The van der Waals surface area contributed by atoms with Crippen molar-refractivity contribution in [2.75, 3.05) is 0 Å². The molecule has 5 nitrogen and oxygen atoms in total. The molecule has 1 aromatic rings. The summed E-state index contributed by atoms with van der Waals surface area (Å²) in [5.41, 5.74) is 0.828. The SMILES string of the molecule is CC(C)(O[P+](=O)O)C(=O)/C=C/C=C/c1cc(C(C)(C)C)c(O)c(C(C)(C)C)c1. The Kier molecular flexibility index (Phi) is 7.52. The van der Waals surface area contributed by atoms with Gasteiger partial charge in [0.2, 0.25) is 0 Å². The van der Waals surface area contributed by atoms with Crippen LogP contribution in [0.2, 0.25) is 0 Å². The summed E-state index contributed by atoms with van der Waals surface area (Å²) in [5, 5.41) is 10.7. The fourth-order valence-electron chi connectivity index (χ4n) is 2.65. The van der Waals surface area contributed by atoms with Crippen molar-refractivity contribution < 1.29 is 23.9 Å². The summed E-state index contributed by atoms with van der Waals surface area (Å²) in [6.07, 6.45) is 6.45. The first-order chi connectivity index (χ1) is 12.6. The molecule has 0 aliphatic carbocycles. The smallest absolute Gasteiger partial charge is 0.507 e. The van der Waals surface area contributed by atoms with Crippen LogP contribution in [0.3, 0.4) is 0 Å². The van der Waals surface area contributed by atoms with Crippen molar-refractivity contribution in [3.8, 4) is 5.75 Å². The summed E-state index contributed by atoms with van der Waals surface area (Å²) in [4.78, 5) is 20.9. The van der Waals surface area contributed by atoms with Gasteiger partial charge in [-0.25, -0.2) is 0 Å². The molecule has 6 heteroatoms. The zero-order valence-electron chi connectivity index (χ0n) is 18.0. The lowest BCUT2D eigenvalue weighted by atomic mass is 9.78. The molecule has 0 spiro atoms. The van der Waals surface area contributed by atoms with Crippen molar-refractivity contribution in [1.29, 1.82) is 0 Å². The average molecular weight is 407 g/mol. The number of phenolic OH excluding ortho intramolecular Hbond substituents is 1. The molecule has 0 bridgehead atoms. The second-order valence-electron chi connectivity index (χ2n) is 9.39. The molecule has 1 rings (SSSR count). The summed E-state index contributed by atoms with van der Waals surface area (Å²) in [5.74, 6) is -0.0918. The van der Waals surface area contributed by atoms with Crippen LogP contribution in [0.25, 0.3) is 6.08 Å². The van der Waals surface area contributed by atoms with Crippen molar-refractivity contribution in [1.82, 2.24) is 0 Å². The molecule has 0 amide bonds. The minimum atomic E-state index is -2.86. The Hall–Kier alpha value is -1.81. The quantitative estimate of drug-likeness (QED) is 0.366. The molecule has 1 atom stereocenters. The van der Waals surface area contributed by atoms with Crippen molar-refractivity contribution in [3.05, 3.63) is 47.1 Å². The monoisotopic (exact) mass is 407 g/mol. The molecule has 2 N–H and O–H groups in total. The van der Waals surface area contributed by atoms with Gasteiger partial charge < -0.3 is 5.11 Å². The Morgan fingerprint density at radius 2 is 1.43 bits per heavy atom. The number of carbonyl (C=O) groups excluding carboxylic acids is 1.